The zero-order valence-corrected chi connectivity index (χ0v) is 29.4. The van der Waals surface area contributed by atoms with Crippen LogP contribution >= 0.6 is 31.3 Å². The van der Waals surface area contributed by atoms with E-state index in [1.807, 2.05) is 46.5 Å². The van der Waals surface area contributed by atoms with Gasteiger partial charge in [-0.25, -0.2) is 13.8 Å². The minimum absolute atomic E-state index is 0.0322. The summed E-state index contributed by atoms with van der Waals surface area (Å²) in [5.74, 6) is -2.16. The van der Waals surface area contributed by atoms with E-state index in [0.29, 0.717) is 41.8 Å². The monoisotopic (exact) mass is 700 g/mol. The quantitative estimate of drug-likeness (QED) is 0.165. The summed E-state index contributed by atoms with van der Waals surface area (Å²) in [6.45, 7) is 10.5. The smallest absolute Gasteiger partial charge is 0.384 e. The average molecular weight is 701 g/mol. The highest BCUT2D eigenvalue weighted by Crippen LogP contribution is 2.53. The fraction of sp³-hybridized carbons (Fsp3) is 0.786. The summed E-state index contributed by atoms with van der Waals surface area (Å²) in [6.07, 6.45) is -1.27. The van der Waals surface area contributed by atoms with E-state index in [0.717, 1.165) is 19.2 Å². The van der Waals surface area contributed by atoms with Crippen molar-refractivity contribution in [2.45, 2.75) is 97.9 Å². The van der Waals surface area contributed by atoms with E-state index in [2.05, 4.69) is 0 Å². The zero-order chi connectivity index (χ0) is 34.3. The second-order valence-corrected chi connectivity index (χ2v) is 16.8. The van der Waals surface area contributed by atoms with Gasteiger partial charge in [-0.2, -0.15) is 0 Å². The molecule has 3 N–H and O–H groups in total. The van der Waals surface area contributed by atoms with E-state index in [1.165, 1.54) is 23.5 Å². The number of rotatable bonds is 16. The molecule has 1 aromatic heterocycles. The van der Waals surface area contributed by atoms with E-state index in [4.69, 9.17) is 18.3 Å². The van der Waals surface area contributed by atoms with Gasteiger partial charge in [0.25, 0.3) is 11.4 Å². The van der Waals surface area contributed by atoms with E-state index < -0.39 is 60.3 Å². The van der Waals surface area contributed by atoms with Gasteiger partial charge in [0.05, 0.1) is 13.2 Å². The summed E-state index contributed by atoms with van der Waals surface area (Å²) in [6, 6.07) is 0.951. The summed E-state index contributed by atoms with van der Waals surface area (Å²) in [5, 5.41) is 21.6. The molecule has 0 saturated carbocycles. The number of hydrogen-bond donors (Lipinski definition) is 3. The average Bonchev–Trinajstić information content (AvgIpc) is 3.10. The number of aliphatic hydroxyl groups excluding tert-OH is 1. The van der Waals surface area contributed by atoms with Gasteiger partial charge < -0.3 is 14.9 Å². The minimum Gasteiger partial charge on any atom is -0.384 e. The number of alkyl halides is 1. The Hall–Kier alpha value is -1.36. The first kappa shape index (κ1) is 39.8. The lowest BCUT2D eigenvalue weighted by Crippen LogP contribution is -2.50. The summed E-state index contributed by atoms with van der Waals surface area (Å²) < 4.78 is 51.5. The third-order valence-corrected chi connectivity index (χ3v) is 10.7. The number of hydrogen-bond acceptors (Lipinski definition) is 13. The Bertz CT molecular complexity index is 1280. The minimum atomic E-state index is -4.46. The molecule has 2 heterocycles. The maximum Gasteiger partial charge on any atom is 0.474 e. The van der Waals surface area contributed by atoms with Crippen LogP contribution in [0.3, 0.4) is 0 Å². The molecule has 0 spiro atoms. The number of thioether (sulfide) groups is 2. The second kappa shape index (κ2) is 16.2. The Morgan fingerprint density at radius 3 is 1.93 bits per heavy atom. The summed E-state index contributed by atoms with van der Waals surface area (Å²) >= 11 is 2.36. The van der Waals surface area contributed by atoms with Crippen molar-refractivity contribution in [3.63, 3.8) is 0 Å². The molecule has 45 heavy (non-hydrogen) atoms. The van der Waals surface area contributed by atoms with Crippen molar-refractivity contribution in [3.05, 3.63) is 33.1 Å². The van der Waals surface area contributed by atoms with Gasteiger partial charge in [0.1, 0.15) is 18.3 Å². The number of phosphoric acid groups is 1. The van der Waals surface area contributed by atoms with Crippen LogP contribution in [-0.2, 0) is 32.5 Å². The lowest BCUT2D eigenvalue weighted by Gasteiger charge is -2.28. The number of nitrogens with zero attached hydrogens (tertiary/aromatic N) is 1. The molecule has 2 rings (SSSR count). The fourth-order valence-corrected chi connectivity index (χ4v) is 7.00. The van der Waals surface area contributed by atoms with Crippen LogP contribution in [0.15, 0.2) is 21.9 Å². The Kier molecular flexibility index (Phi) is 14.3. The van der Waals surface area contributed by atoms with Crippen molar-refractivity contribution in [1.82, 2.24) is 9.55 Å². The van der Waals surface area contributed by atoms with Gasteiger partial charge in [-0.1, -0.05) is 65.1 Å². The first-order chi connectivity index (χ1) is 20.6. The number of unbranched alkanes of at least 4 members (excludes halogenated alkanes) is 2. The molecule has 0 amide bonds. The molecule has 1 aromatic rings. The van der Waals surface area contributed by atoms with Crippen molar-refractivity contribution in [1.29, 1.82) is 0 Å². The molecule has 1 aliphatic rings. The van der Waals surface area contributed by atoms with Gasteiger partial charge in [-0.3, -0.25) is 37.5 Å². The van der Waals surface area contributed by atoms with Crippen LogP contribution in [-0.4, -0.2) is 78.9 Å². The van der Waals surface area contributed by atoms with Crippen molar-refractivity contribution in [3.8, 4) is 0 Å². The highest BCUT2D eigenvalue weighted by atomic mass is 32.2. The van der Waals surface area contributed by atoms with E-state index in [9.17, 15) is 34.0 Å². The lowest BCUT2D eigenvalue weighted by molar-refractivity contribution is -0.205. The van der Waals surface area contributed by atoms with Crippen molar-refractivity contribution in [2.24, 2.45) is 10.8 Å². The predicted octanol–water partition coefficient (Wildman–Crippen LogP) is 4.17. The number of carbonyl (C=O) groups is 2. The van der Waals surface area contributed by atoms with Gasteiger partial charge in [-0.05, 0) is 32.6 Å². The number of aromatic nitrogens is 2. The van der Waals surface area contributed by atoms with Crippen LogP contribution in [0.2, 0.25) is 0 Å². The zero-order valence-electron chi connectivity index (χ0n) is 26.8. The molecular formula is C28H46FN2O11PS2. The number of aliphatic hydroxyl groups is 2. The molecule has 4 atom stereocenters. The number of halogens is 1. The molecule has 0 aromatic carbocycles. The van der Waals surface area contributed by atoms with Crippen LogP contribution in [0, 0.1) is 10.8 Å². The van der Waals surface area contributed by atoms with Crippen LogP contribution in [0.25, 0.3) is 0 Å². The third-order valence-electron chi connectivity index (χ3n) is 6.56. The van der Waals surface area contributed by atoms with Gasteiger partial charge in [0, 0.05) is 34.6 Å². The molecule has 1 aliphatic heterocycles. The Morgan fingerprint density at radius 2 is 1.49 bits per heavy atom. The number of carbonyl (C=O) groups excluding carboxylic acids is 2. The van der Waals surface area contributed by atoms with E-state index in [1.54, 1.807) is 0 Å². The molecule has 0 aliphatic carbocycles. The summed E-state index contributed by atoms with van der Waals surface area (Å²) in [4.78, 5) is 49.9. The van der Waals surface area contributed by atoms with Crippen molar-refractivity contribution >= 4 is 41.6 Å². The van der Waals surface area contributed by atoms with Crippen molar-refractivity contribution in [2.75, 3.05) is 31.3 Å². The largest absolute Gasteiger partial charge is 0.474 e. The molecule has 1 saturated heterocycles. The van der Waals surface area contributed by atoms with E-state index >= 15 is 4.39 Å². The Balaban J connectivity index is 2.05. The predicted molar refractivity (Wildman–Crippen MR) is 170 cm³/mol. The molecule has 1 fully saturated rings. The van der Waals surface area contributed by atoms with Crippen molar-refractivity contribution < 1.29 is 47.1 Å². The first-order valence-electron chi connectivity index (χ1n) is 14.6. The lowest BCUT2D eigenvalue weighted by atomic mass is 9.95. The highest BCUT2D eigenvalue weighted by molar-refractivity contribution is 8.14. The van der Waals surface area contributed by atoms with E-state index in [-0.39, 0.29) is 23.4 Å². The third kappa shape index (κ3) is 11.7. The molecular weight excluding hydrogens is 654 g/mol. The standard InChI is InChI=1S/C28H46FN2O11PS2/c1-25(2,3)22(34)44-16-10-8-14-39-43(38,40-15-9-11-17-45-23(35)26(4,5)6)41-18-28(29)20(33)27(7,37)21(42-28)31-13-12-19(32)30-24(31)36/h12-13,20-21,33,37H,8-11,14-18H2,1-7H3,(H,30,32,36)/t20-,21?,27+,28+/m0/s1. The molecule has 258 valence electrons. The molecule has 0 bridgehead atoms. The molecule has 1 unspecified atom stereocenters. The molecule has 13 nitrogen and oxygen atoms in total. The maximum absolute atomic E-state index is 16.0. The second-order valence-electron chi connectivity index (χ2n) is 13.0. The molecule has 0 radical (unpaired) electrons. The summed E-state index contributed by atoms with van der Waals surface area (Å²) in [7, 11) is -4.46. The maximum atomic E-state index is 16.0. The van der Waals surface area contributed by atoms with Gasteiger partial charge in [0.15, 0.2) is 16.5 Å². The Labute approximate surface area is 270 Å². The van der Waals surface area contributed by atoms with Crippen LogP contribution in [0.5, 0.6) is 0 Å². The SMILES string of the molecule is CC(C)(C)C(=O)SCCCCOP(=O)(OCCCCSC(=O)C(C)(C)C)OC[C@@]1(F)OC(n2ccc(=O)[nH]c2=O)[C@](C)(O)[C@@H]1O. The van der Waals surface area contributed by atoms with Crippen LogP contribution < -0.4 is 11.2 Å². The van der Waals surface area contributed by atoms with Gasteiger partial charge in [-0.15, -0.1) is 0 Å². The van der Waals surface area contributed by atoms with Gasteiger partial charge >= 0.3 is 13.5 Å². The number of H-pyrrole nitrogens is 1. The summed E-state index contributed by atoms with van der Waals surface area (Å²) in [5.41, 5.74) is -5.11. The number of aromatic amines is 1. The number of ether oxygens (including phenoxy) is 1. The van der Waals surface area contributed by atoms with Crippen LogP contribution in [0.4, 0.5) is 4.39 Å². The molecule has 17 heteroatoms. The van der Waals surface area contributed by atoms with Crippen LogP contribution in [0.1, 0.15) is 80.4 Å². The van der Waals surface area contributed by atoms with Gasteiger partial charge in [0.2, 0.25) is 0 Å². The normalized spacial score (nSPS) is 24.2. The number of phosphoric ester groups is 1. The topological polar surface area (TPSA) is 183 Å². The number of nitrogens with one attached hydrogen (secondary N) is 1. The Morgan fingerprint density at radius 1 is 1.00 bits per heavy atom. The highest BCUT2D eigenvalue weighted by Gasteiger charge is 2.63. The first-order valence-corrected chi connectivity index (χ1v) is 18.0. The fourth-order valence-electron chi connectivity index (χ4n) is 3.81.